The van der Waals surface area contributed by atoms with Crippen molar-refractivity contribution in [3.8, 4) is 0 Å². The first-order chi connectivity index (χ1) is 5.24. The molecular formula is C10H20O. The molecule has 1 rings (SSSR count). The number of aliphatic hydroxyl groups excluding tert-OH is 1. The van der Waals surface area contributed by atoms with Crippen LogP contribution >= 0.6 is 0 Å². The molecule has 1 heteroatoms. The summed E-state index contributed by atoms with van der Waals surface area (Å²) in [4.78, 5) is 0. The first-order valence-electron chi connectivity index (χ1n) is 4.92. The smallest absolute Gasteiger partial charge is 0.0568 e. The van der Waals surface area contributed by atoms with Gasteiger partial charge in [-0.25, -0.2) is 0 Å². The maximum absolute atomic E-state index is 9.57. The van der Waals surface area contributed by atoms with Gasteiger partial charge in [0.05, 0.1) is 6.10 Å². The second-order valence-corrected chi connectivity index (χ2v) is 4.01. The molecule has 0 heterocycles. The van der Waals surface area contributed by atoms with Gasteiger partial charge >= 0.3 is 0 Å². The molecule has 0 radical (unpaired) electrons. The summed E-state index contributed by atoms with van der Waals surface area (Å²) in [6, 6.07) is 0. The van der Waals surface area contributed by atoms with E-state index in [1.165, 1.54) is 25.7 Å². The fourth-order valence-electron chi connectivity index (χ4n) is 2.05. The highest BCUT2D eigenvalue weighted by Crippen LogP contribution is 2.31. The van der Waals surface area contributed by atoms with Crippen molar-refractivity contribution in [1.82, 2.24) is 0 Å². The molecule has 66 valence electrons. The minimum absolute atomic E-state index is 0.0136. The van der Waals surface area contributed by atoms with Gasteiger partial charge in [0.2, 0.25) is 0 Å². The van der Waals surface area contributed by atoms with Crippen LogP contribution in [0.1, 0.15) is 46.0 Å². The zero-order chi connectivity index (χ0) is 8.27. The van der Waals surface area contributed by atoms with E-state index in [-0.39, 0.29) is 6.10 Å². The third-order valence-corrected chi connectivity index (χ3v) is 2.96. The van der Waals surface area contributed by atoms with E-state index in [0.717, 1.165) is 12.3 Å². The Morgan fingerprint density at radius 3 is 2.64 bits per heavy atom. The quantitative estimate of drug-likeness (QED) is 0.651. The Hall–Kier alpha value is -0.0400. The van der Waals surface area contributed by atoms with Crippen molar-refractivity contribution < 1.29 is 5.11 Å². The molecule has 0 bridgehead atoms. The molecule has 1 saturated carbocycles. The number of aliphatic hydroxyl groups is 1. The molecule has 0 amide bonds. The standard InChI is InChI=1S/C10H20O/c1-3-4-9-6-5-8(2)10(11)7-9/h8-11H,3-7H2,1-2H3/t8-,9-,10-/m0/s1. The molecule has 0 aliphatic heterocycles. The molecular weight excluding hydrogens is 136 g/mol. The van der Waals surface area contributed by atoms with Crippen LogP contribution in [0, 0.1) is 11.8 Å². The highest BCUT2D eigenvalue weighted by atomic mass is 16.3. The van der Waals surface area contributed by atoms with Crippen LogP contribution in [0.25, 0.3) is 0 Å². The molecule has 0 aromatic rings. The molecule has 1 nitrogen and oxygen atoms in total. The molecule has 0 saturated heterocycles. The third kappa shape index (κ3) is 2.48. The lowest BCUT2D eigenvalue weighted by molar-refractivity contribution is 0.0510. The van der Waals surface area contributed by atoms with Crippen LogP contribution < -0.4 is 0 Å². The molecule has 1 aliphatic carbocycles. The van der Waals surface area contributed by atoms with E-state index in [9.17, 15) is 5.11 Å². The van der Waals surface area contributed by atoms with Gasteiger partial charge < -0.3 is 5.11 Å². The normalized spacial score (nSPS) is 39.0. The Kier molecular flexibility index (Phi) is 3.38. The average Bonchev–Trinajstić information content (AvgIpc) is 1.98. The molecule has 0 unspecified atom stereocenters. The van der Waals surface area contributed by atoms with Crippen LogP contribution in [0.4, 0.5) is 0 Å². The van der Waals surface area contributed by atoms with Gasteiger partial charge in [-0.05, 0) is 24.7 Å². The Bertz CT molecular complexity index is 111. The average molecular weight is 156 g/mol. The molecule has 1 N–H and O–H groups in total. The zero-order valence-corrected chi connectivity index (χ0v) is 7.71. The van der Waals surface area contributed by atoms with Crippen LogP contribution in [0.3, 0.4) is 0 Å². The van der Waals surface area contributed by atoms with Crippen LogP contribution in [0.15, 0.2) is 0 Å². The topological polar surface area (TPSA) is 20.2 Å². The summed E-state index contributed by atoms with van der Waals surface area (Å²) in [6.07, 6.45) is 6.18. The van der Waals surface area contributed by atoms with E-state index in [4.69, 9.17) is 0 Å². The van der Waals surface area contributed by atoms with Crippen molar-refractivity contribution in [3.63, 3.8) is 0 Å². The molecule has 1 aliphatic rings. The largest absolute Gasteiger partial charge is 0.393 e. The Morgan fingerprint density at radius 2 is 2.09 bits per heavy atom. The number of hydrogen-bond acceptors (Lipinski definition) is 1. The summed E-state index contributed by atoms with van der Waals surface area (Å²) in [7, 11) is 0. The monoisotopic (exact) mass is 156 g/mol. The molecule has 1 fully saturated rings. The number of rotatable bonds is 2. The van der Waals surface area contributed by atoms with E-state index in [0.29, 0.717) is 5.92 Å². The van der Waals surface area contributed by atoms with Crippen molar-refractivity contribution in [1.29, 1.82) is 0 Å². The highest BCUT2D eigenvalue weighted by Gasteiger charge is 2.24. The van der Waals surface area contributed by atoms with Crippen molar-refractivity contribution >= 4 is 0 Å². The molecule has 0 aromatic carbocycles. The summed E-state index contributed by atoms with van der Waals surface area (Å²) in [5.74, 6) is 1.36. The SMILES string of the molecule is CCC[C@H]1CC[C@H](C)[C@@H](O)C1. The van der Waals surface area contributed by atoms with Gasteiger partial charge in [-0.15, -0.1) is 0 Å². The Morgan fingerprint density at radius 1 is 1.36 bits per heavy atom. The van der Waals surface area contributed by atoms with Gasteiger partial charge in [0.25, 0.3) is 0 Å². The highest BCUT2D eigenvalue weighted by molar-refractivity contribution is 4.76. The molecule has 0 aromatic heterocycles. The lowest BCUT2D eigenvalue weighted by Gasteiger charge is -2.30. The lowest BCUT2D eigenvalue weighted by Crippen LogP contribution is -2.27. The van der Waals surface area contributed by atoms with Crippen LogP contribution in [0.2, 0.25) is 0 Å². The van der Waals surface area contributed by atoms with E-state index in [2.05, 4.69) is 13.8 Å². The van der Waals surface area contributed by atoms with E-state index in [1.807, 2.05) is 0 Å². The zero-order valence-electron chi connectivity index (χ0n) is 7.71. The summed E-state index contributed by atoms with van der Waals surface area (Å²) in [5.41, 5.74) is 0. The van der Waals surface area contributed by atoms with Crippen LogP contribution in [-0.2, 0) is 0 Å². The predicted molar refractivity (Wildman–Crippen MR) is 47.4 cm³/mol. The van der Waals surface area contributed by atoms with Crippen molar-refractivity contribution in [2.75, 3.05) is 0 Å². The van der Waals surface area contributed by atoms with Crippen molar-refractivity contribution in [2.45, 2.75) is 52.1 Å². The molecule has 0 spiro atoms. The fraction of sp³-hybridized carbons (Fsp3) is 1.00. The third-order valence-electron chi connectivity index (χ3n) is 2.96. The minimum atomic E-state index is -0.0136. The Labute approximate surface area is 69.8 Å². The first kappa shape index (κ1) is 9.05. The summed E-state index contributed by atoms with van der Waals surface area (Å²) in [6.45, 7) is 4.39. The minimum Gasteiger partial charge on any atom is -0.393 e. The second kappa shape index (κ2) is 4.10. The summed E-state index contributed by atoms with van der Waals surface area (Å²) >= 11 is 0. The fourth-order valence-corrected chi connectivity index (χ4v) is 2.05. The van der Waals surface area contributed by atoms with Crippen molar-refractivity contribution in [2.24, 2.45) is 11.8 Å². The summed E-state index contributed by atoms with van der Waals surface area (Å²) < 4.78 is 0. The van der Waals surface area contributed by atoms with Crippen LogP contribution in [-0.4, -0.2) is 11.2 Å². The number of hydrogen-bond donors (Lipinski definition) is 1. The maximum atomic E-state index is 9.57. The van der Waals surface area contributed by atoms with E-state index < -0.39 is 0 Å². The second-order valence-electron chi connectivity index (χ2n) is 4.01. The van der Waals surface area contributed by atoms with Crippen LogP contribution in [0.5, 0.6) is 0 Å². The van der Waals surface area contributed by atoms with Gasteiger partial charge in [-0.3, -0.25) is 0 Å². The van der Waals surface area contributed by atoms with E-state index in [1.54, 1.807) is 0 Å². The Balaban J connectivity index is 2.28. The van der Waals surface area contributed by atoms with Gasteiger partial charge in [-0.1, -0.05) is 33.1 Å². The van der Waals surface area contributed by atoms with Gasteiger partial charge in [-0.2, -0.15) is 0 Å². The summed E-state index contributed by atoms with van der Waals surface area (Å²) in [5, 5.41) is 9.57. The van der Waals surface area contributed by atoms with Gasteiger partial charge in [0.1, 0.15) is 0 Å². The van der Waals surface area contributed by atoms with Gasteiger partial charge in [0.15, 0.2) is 0 Å². The first-order valence-corrected chi connectivity index (χ1v) is 4.92. The van der Waals surface area contributed by atoms with Crippen molar-refractivity contribution in [3.05, 3.63) is 0 Å². The predicted octanol–water partition coefficient (Wildman–Crippen LogP) is 2.58. The van der Waals surface area contributed by atoms with E-state index >= 15 is 0 Å². The molecule has 11 heavy (non-hydrogen) atoms. The van der Waals surface area contributed by atoms with Gasteiger partial charge in [0, 0.05) is 0 Å². The lowest BCUT2D eigenvalue weighted by atomic mass is 9.79. The molecule has 3 atom stereocenters. The maximum Gasteiger partial charge on any atom is 0.0568 e.